The monoisotopic (exact) mass is 342 g/mol. The fourth-order valence-corrected chi connectivity index (χ4v) is 2.92. The summed E-state index contributed by atoms with van der Waals surface area (Å²) in [5.74, 6) is 0.910. The summed E-state index contributed by atoms with van der Waals surface area (Å²) in [6.45, 7) is 4.34. The lowest BCUT2D eigenvalue weighted by Crippen LogP contribution is -2.42. The number of hydrogen-bond acceptors (Lipinski definition) is 6. The standard InChI is InChI=1S/C17H22N6O2/c1-13-2-3-15(21-20-13)22-9-5-14(6-10-22)17(25)19-8-11-23-12-18-7-4-16(23)24/h2-4,7,12,14H,5-6,8-11H2,1H3,(H,19,25). The number of carbonyl (C=O) groups is 1. The predicted molar refractivity (Wildman–Crippen MR) is 93.2 cm³/mol. The minimum atomic E-state index is -0.114. The maximum absolute atomic E-state index is 12.3. The molecule has 3 heterocycles. The van der Waals surface area contributed by atoms with Crippen LogP contribution in [0.2, 0.25) is 0 Å². The van der Waals surface area contributed by atoms with E-state index < -0.39 is 0 Å². The Morgan fingerprint density at radius 3 is 2.72 bits per heavy atom. The Morgan fingerprint density at radius 2 is 2.04 bits per heavy atom. The third kappa shape index (κ3) is 4.40. The third-order valence-electron chi connectivity index (χ3n) is 4.42. The Morgan fingerprint density at radius 1 is 1.24 bits per heavy atom. The quantitative estimate of drug-likeness (QED) is 0.844. The fourth-order valence-electron chi connectivity index (χ4n) is 2.92. The highest BCUT2D eigenvalue weighted by atomic mass is 16.2. The first-order chi connectivity index (χ1) is 12.1. The first-order valence-electron chi connectivity index (χ1n) is 8.47. The lowest BCUT2D eigenvalue weighted by molar-refractivity contribution is -0.125. The average Bonchev–Trinajstić information content (AvgIpc) is 2.64. The van der Waals surface area contributed by atoms with E-state index >= 15 is 0 Å². The zero-order valence-electron chi connectivity index (χ0n) is 14.3. The van der Waals surface area contributed by atoms with E-state index in [9.17, 15) is 9.59 Å². The van der Waals surface area contributed by atoms with Gasteiger partial charge in [-0.05, 0) is 31.9 Å². The molecule has 0 atom stereocenters. The summed E-state index contributed by atoms with van der Waals surface area (Å²) in [6.07, 6.45) is 4.52. The largest absolute Gasteiger partial charge is 0.355 e. The van der Waals surface area contributed by atoms with Crippen molar-refractivity contribution in [3.8, 4) is 0 Å². The van der Waals surface area contributed by atoms with Crippen molar-refractivity contribution in [2.45, 2.75) is 26.3 Å². The molecule has 2 aromatic heterocycles. The minimum absolute atomic E-state index is 0.000257. The van der Waals surface area contributed by atoms with E-state index in [2.05, 4.69) is 25.4 Å². The van der Waals surface area contributed by atoms with Crippen LogP contribution in [0.15, 0.2) is 35.5 Å². The molecule has 0 bridgehead atoms. The first-order valence-corrected chi connectivity index (χ1v) is 8.47. The Labute approximate surface area is 145 Å². The van der Waals surface area contributed by atoms with Crippen molar-refractivity contribution in [1.29, 1.82) is 0 Å². The van der Waals surface area contributed by atoms with Crippen LogP contribution >= 0.6 is 0 Å². The topological polar surface area (TPSA) is 93.0 Å². The van der Waals surface area contributed by atoms with Crippen molar-refractivity contribution >= 4 is 11.7 Å². The third-order valence-corrected chi connectivity index (χ3v) is 4.42. The van der Waals surface area contributed by atoms with Crippen LogP contribution in [0, 0.1) is 12.8 Å². The molecule has 1 aliphatic heterocycles. The lowest BCUT2D eigenvalue weighted by Gasteiger charge is -2.31. The van der Waals surface area contributed by atoms with Crippen molar-refractivity contribution in [2.75, 3.05) is 24.5 Å². The van der Waals surface area contributed by atoms with E-state index in [0.29, 0.717) is 13.1 Å². The van der Waals surface area contributed by atoms with Crippen molar-refractivity contribution in [2.24, 2.45) is 5.92 Å². The number of aromatic nitrogens is 4. The lowest BCUT2D eigenvalue weighted by atomic mass is 9.96. The van der Waals surface area contributed by atoms with Gasteiger partial charge in [0.1, 0.15) is 0 Å². The second-order valence-corrected chi connectivity index (χ2v) is 6.20. The molecule has 2 aromatic rings. The van der Waals surface area contributed by atoms with Crippen LogP contribution in [0.5, 0.6) is 0 Å². The molecular weight excluding hydrogens is 320 g/mol. The van der Waals surface area contributed by atoms with E-state index in [-0.39, 0.29) is 17.4 Å². The van der Waals surface area contributed by atoms with Gasteiger partial charge in [-0.3, -0.25) is 14.2 Å². The summed E-state index contributed by atoms with van der Waals surface area (Å²) < 4.78 is 1.49. The summed E-state index contributed by atoms with van der Waals surface area (Å²) in [4.78, 5) is 30.0. The molecule has 1 amide bonds. The smallest absolute Gasteiger partial charge is 0.253 e. The molecule has 0 aliphatic carbocycles. The molecule has 1 fully saturated rings. The summed E-state index contributed by atoms with van der Waals surface area (Å²) in [6, 6.07) is 5.32. The molecule has 0 unspecified atom stereocenters. The van der Waals surface area contributed by atoms with Gasteiger partial charge in [0.25, 0.3) is 5.56 Å². The molecule has 0 aromatic carbocycles. The van der Waals surface area contributed by atoms with Gasteiger partial charge in [0.15, 0.2) is 5.82 Å². The Hall–Kier alpha value is -2.77. The van der Waals surface area contributed by atoms with Crippen molar-refractivity contribution in [3.63, 3.8) is 0 Å². The first kappa shape index (κ1) is 17.1. The van der Waals surface area contributed by atoms with Crippen molar-refractivity contribution < 1.29 is 4.79 Å². The average molecular weight is 342 g/mol. The number of rotatable bonds is 5. The van der Waals surface area contributed by atoms with Gasteiger partial charge in [0, 0.05) is 44.4 Å². The van der Waals surface area contributed by atoms with Gasteiger partial charge in [-0.25, -0.2) is 4.98 Å². The fraction of sp³-hybridized carbons (Fsp3) is 0.471. The maximum Gasteiger partial charge on any atom is 0.253 e. The predicted octanol–water partition coefficient (Wildman–Crippen LogP) is 0.375. The molecule has 0 saturated carbocycles. The van der Waals surface area contributed by atoms with Crippen LogP contribution in [0.4, 0.5) is 5.82 Å². The molecule has 0 radical (unpaired) electrons. The Kier molecular flexibility index (Phi) is 5.37. The number of carbonyl (C=O) groups excluding carboxylic acids is 1. The van der Waals surface area contributed by atoms with E-state index in [1.807, 2.05) is 19.1 Å². The number of nitrogens with zero attached hydrogens (tertiary/aromatic N) is 5. The minimum Gasteiger partial charge on any atom is -0.355 e. The highest BCUT2D eigenvalue weighted by Crippen LogP contribution is 2.21. The number of nitrogens with one attached hydrogen (secondary N) is 1. The molecule has 0 spiro atoms. The molecule has 1 aliphatic rings. The van der Waals surface area contributed by atoms with E-state index in [1.54, 1.807) is 0 Å². The number of anilines is 1. The highest BCUT2D eigenvalue weighted by molar-refractivity contribution is 5.78. The van der Waals surface area contributed by atoms with Gasteiger partial charge in [-0.2, -0.15) is 5.10 Å². The van der Waals surface area contributed by atoms with Gasteiger partial charge in [0.05, 0.1) is 12.0 Å². The molecule has 8 heteroatoms. The second-order valence-electron chi connectivity index (χ2n) is 6.20. The van der Waals surface area contributed by atoms with Gasteiger partial charge < -0.3 is 10.2 Å². The van der Waals surface area contributed by atoms with Crippen LogP contribution in [0.25, 0.3) is 0 Å². The van der Waals surface area contributed by atoms with Gasteiger partial charge in [-0.15, -0.1) is 5.10 Å². The normalized spacial score (nSPS) is 15.2. The van der Waals surface area contributed by atoms with E-state index in [1.165, 1.54) is 23.2 Å². The zero-order chi connectivity index (χ0) is 17.6. The summed E-state index contributed by atoms with van der Waals surface area (Å²) in [7, 11) is 0. The SMILES string of the molecule is Cc1ccc(N2CCC(C(=O)NCCn3cnccc3=O)CC2)nn1. The van der Waals surface area contributed by atoms with Crippen LogP contribution < -0.4 is 15.8 Å². The van der Waals surface area contributed by atoms with Crippen LogP contribution in [0.3, 0.4) is 0 Å². The molecule has 1 saturated heterocycles. The summed E-state index contributed by atoms with van der Waals surface area (Å²) >= 11 is 0. The number of amides is 1. The van der Waals surface area contributed by atoms with Gasteiger partial charge in [-0.1, -0.05) is 0 Å². The molecule has 8 nitrogen and oxygen atoms in total. The van der Waals surface area contributed by atoms with Gasteiger partial charge in [0.2, 0.25) is 5.91 Å². The number of hydrogen-bond donors (Lipinski definition) is 1. The number of aryl methyl sites for hydroxylation is 1. The molecule has 1 N–H and O–H groups in total. The Balaban J connectivity index is 1.44. The van der Waals surface area contributed by atoms with E-state index in [0.717, 1.165) is 37.4 Å². The zero-order valence-corrected chi connectivity index (χ0v) is 14.3. The van der Waals surface area contributed by atoms with Crippen LogP contribution in [-0.4, -0.2) is 45.3 Å². The second kappa shape index (κ2) is 7.87. The van der Waals surface area contributed by atoms with Gasteiger partial charge >= 0.3 is 0 Å². The maximum atomic E-state index is 12.3. The van der Waals surface area contributed by atoms with E-state index in [4.69, 9.17) is 0 Å². The summed E-state index contributed by atoms with van der Waals surface area (Å²) in [5, 5.41) is 11.2. The molecule has 25 heavy (non-hydrogen) atoms. The highest BCUT2D eigenvalue weighted by Gasteiger charge is 2.25. The van der Waals surface area contributed by atoms with Crippen molar-refractivity contribution in [1.82, 2.24) is 25.1 Å². The molecule has 3 rings (SSSR count). The number of piperidine rings is 1. The van der Waals surface area contributed by atoms with Crippen LogP contribution in [-0.2, 0) is 11.3 Å². The molecule has 132 valence electrons. The van der Waals surface area contributed by atoms with Crippen molar-refractivity contribution in [3.05, 3.63) is 46.8 Å². The summed E-state index contributed by atoms with van der Waals surface area (Å²) in [5.41, 5.74) is 0.780. The Bertz CT molecular complexity index is 765. The molecular formula is C17H22N6O2. The van der Waals surface area contributed by atoms with Crippen LogP contribution in [0.1, 0.15) is 18.5 Å².